The van der Waals surface area contributed by atoms with Crippen LogP contribution in [0, 0.1) is 0 Å². The van der Waals surface area contributed by atoms with E-state index in [0.717, 1.165) is 11.4 Å². The van der Waals surface area contributed by atoms with Crippen LogP contribution in [-0.2, 0) is 4.79 Å². The maximum Gasteiger partial charge on any atom is 0.261 e. The lowest BCUT2D eigenvalue weighted by atomic mass is 10.2. The highest BCUT2D eigenvalue weighted by molar-refractivity contribution is 7.12. The number of rotatable bonds is 7. The first-order chi connectivity index (χ1) is 13.2. The Kier molecular flexibility index (Phi) is 4.97. The van der Waals surface area contributed by atoms with Crippen molar-refractivity contribution in [2.45, 2.75) is 25.2 Å². The summed E-state index contributed by atoms with van der Waals surface area (Å²) in [6.45, 7) is 0.293. The van der Waals surface area contributed by atoms with E-state index in [-0.39, 0.29) is 18.2 Å². The number of aromatic nitrogens is 3. The van der Waals surface area contributed by atoms with E-state index in [1.807, 2.05) is 35.7 Å². The molecule has 7 nitrogen and oxygen atoms in total. The number of nitrogens with one attached hydrogen (secondary N) is 3. The number of carbonyl (C=O) groups excluding carboxylic acids is 2. The Bertz CT molecular complexity index is 929. The van der Waals surface area contributed by atoms with Crippen LogP contribution in [0.2, 0.25) is 0 Å². The molecule has 1 aromatic carbocycles. The maximum atomic E-state index is 12.0. The number of thiophene rings is 1. The first kappa shape index (κ1) is 17.4. The molecular formula is C19H19N5O2S. The second kappa shape index (κ2) is 7.71. The van der Waals surface area contributed by atoms with Crippen molar-refractivity contribution in [3.63, 3.8) is 0 Å². The second-order valence-electron chi connectivity index (χ2n) is 6.43. The van der Waals surface area contributed by atoms with Gasteiger partial charge in [0.25, 0.3) is 5.91 Å². The molecule has 1 aliphatic carbocycles. The van der Waals surface area contributed by atoms with Gasteiger partial charge >= 0.3 is 0 Å². The lowest BCUT2D eigenvalue weighted by Gasteiger charge is -2.06. The Morgan fingerprint density at radius 1 is 1.19 bits per heavy atom. The summed E-state index contributed by atoms with van der Waals surface area (Å²) in [4.78, 5) is 29.0. The summed E-state index contributed by atoms with van der Waals surface area (Å²) >= 11 is 1.37. The summed E-state index contributed by atoms with van der Waals surface area (Å²) in [7, 11) is 0. The molecule has 138 valence electrons. The average molecular weight is 381 g/mol. The topological polar surface area (TPSA) is 99.8 Å². The van der Waals surface area contributed by atoms with Gasteiger partial charge in [0.05, 0.1) is 4.88 Å². The number of hydrogen-bond acceptors (Lipinski definition) is 5. The van der Waals surface area contributed by atoms with Crippen molar-refractivity contribution in [3.8, 4) is 11.4 Å². The highest BCUT2D eigenvalue weighted by Crippen LogP contribution is 2.38. The molecule has 8 heteroatoms. The molecule has 0 saturated heterocycles. The van der Waals surface area contributed by atoms with Crippen LogP contribution in [-0.4, -0.2) is 33.5 Å². The minimum Gasteiger partial charge on any atom is -0.351 e. The number of hydrogen-bond donors (Lipinski definition) is 3. The summed E-state index contributed by atoms with van der Waals surface area (Å²) in [6.07, 6.45) is 2.56. The molecule has 0 atom stereocenters. The predicted octanol–water partition coefficient (Wildman–Crippen LogP) is 3.17. The normalized spacial score (nSPS) is 13.3. The molecule has 3 N–H and O–H groups in total. The zero-order valence-corrected chi connectivity index (χ0v) is 15.4. The average Bonchev–Trinajstić information content (AvgIpc) is 3.18. The molecule has 1 saturated carbocycles. The molecule has 1 fully saturated rings. The molecular weight excluding hydrogens is 362 g/mol. The van der Waals surface area contributed by atoms with Crippen LogP contribution in [0.1, 0.15) is 40.7 Å². The van der Waals surface area contributed by atoms with Gasteiger partial charge in [-0.25, -0.2) is 4.98 Å². The number of amides is 2. The standard InChI is InChI=1S/C19H19N5O2S/c25-16(9-10-20-19(26)15-2-1-11-27-15)21-14-7-5-13(6-8-14)18-22-17(23-24-18)12-3-4-12/h1-2,5-8,11-12H,3-4,9-10H2,(H,20,26)(H,21,25)(H,22,23,24). The van der Waals surface area contributed by atoms with E-state index in [1.165, 1.54) is 24.2 Å². The van der Waals surface area contributed by atoms with Gasteiger partial charge in [-0.15, -0.1) is 11.3 Å². The summed E-state index contributed by atoms with van der Waals surface area (Å²) in [5.41, 5.74) is 1.60. The molecule has 2 aromatic heterocycles. The summed E-state index contributed by atoms with van der Waals surface area (Å²) < 4.78 is 0. The van der Waals surface area contributed by atoms with Gasteiger partial charge in [0.1, 0.15) is 5.82 Å². The van der Waals surface area contributed by atoms with Crippen molar-refractivity contribution in [1.29, 1.82) is 0 Å². The molecule has 2 amide bonds. The van der Waals surface area contributed by atoms with Crippen molar-refractivity contribution in [1.82, 2.24) is 20.5 Å². The second-order valence-corrected chi connectivity index (χ2v) is 7.37. The number of aromatic amines is 1. The van der Waals surface area contributed by atoms with Crippen LogP contribution in [0.3, 0.4) is 0 Å². The van der Waals surface area contributed by atoms with Gasteiger partial charge in [0, 0.05) is 30.1 Å². The fraction of sp³-hybridized carbons (Fsp3) is 0.263. The van der Waals surface area contributed by atoms with E-state index in [9.17, 15) is 9.59 Å². The first-order valence-electron chi connectivity index (χ1n) is 8.83. The first-order valence-corrected chi connectivity index (χ1v) is 9.71. The molecule has 2 heterocycles. The molecule has 3 aromatic rings. The van der Waals surface area contributed by atoms with E-state index >= 15 is 0 Å². The summed E-state index contributed by atoms with van der Waals surface area (Å²) in [5.74, 6) is 1.85. The Balaban J connectivity index is 1.26. The highest BCUT2D eigenvalue weighted by Gasteiger charge is 2.27. The van der Waals surface area contributed by atoms with Crippen LogP contribution in [0.15, 0.2) is 41.8 Å². The third-order valence-corrected chi connectivity index (χ3v) is 5.14. The minimum atomic E-state index is -0.153. The molecule has 27 heavy (non-hydrogen) atoms. The third kappa shape index (κ3) is 4.40. The van der Waals surface area contributed by atoms with Crippen LogP contribution in [0.25, 0.3) is 11.4 Å². The quantitative estimate of drug-likeness (QED) is 0.585. The maximum absolute atomic E-state index is 12.0. The van der Waals surface area contributed by atoms with Gasteiger partial charge in [-0.3, -0.25) is 14.7 Å². The van der Waals surface area contributed by atoms with Crippen LogP contribution in [0.4, 0.5) is 5.69 Å². The highest BCUT2D eigenvalue weighted by atomic mass is 32.1. The molecule has 1 aliphatic rings. The monoisotopic (exact) mass is 381 g/mol. The minimum absolute atomic E-state index is 0.150. The fourth-order valence-electron chi connectivity index (χ4n) is 2.65. The van der Waals surface area contributed by atoms with E-state index < -0.39 is 0 Å². The molecule has 4 rings (SSSR count). The lowest BCUT2D eigenvalue weighted by molar-refractivity contribution is -0.116. The molecule has 0 aliphatic heterocycles. The molecule has 0 radical (unpaired) electrons. The van der Waals surface area contributed by atoms with Crippen molar-refractivity contribution in [2.75, 3.05) is 11.9 Å². The van der Waals surface area contributed by atoms with E-state index in [4.69, 9.17) is 0 Å². The third-order valence-electron chi connectivity index (χ3n) is 4.28. The Labute approximate surface area is 160 Å². The Hall–Kier alpha value is -3.00. The SMILES string of the molecule is O=C(CCNC(=O)c1cccs1)Nc1ccc(-c2n[nH]c(C3CC3)n2)cc1. The Morgan fingerprint density at radius 2 is 2.00 bits per heavy atom. The Morgan fingerprint density at radius 3 is 2.70 bits per heavy atom. The van der Waals surface area contributed by atoms with Crippen LogP contribution < -0.4 is 10.6 Å². The number of benzene rings is 1. The number of carbonyl (C=O) groups is 2. The summed E-state index contributed by atoms with van der Waals surface area (Å²) in [6, 6.07) is 11.0. The van der Waals surface area contributed by atoms with E-state index in [1.54, 1.807) is 6.07 Å². The van der Waals surface area contributed by atoms with Gasteiger partial charge in [0.15, 0.2) is 5.82 Å². The zero-order chi connectivity index (χ0) is 18.6. The van der Waals surface area contributed by atoms with Crippen molar-refractivity contribution >= 4 is 28.8 Å². The summed E-state index contributed by atoms with van der Waals surface area (Å²) in [5, 5.41) is 14.7. The van der Waals surface area contributed by atoms with Gasteiger partial charge in [-0.2, -0.15) is 5.10 Å². The van der Waals surface area contributed by atoms with Gasteiger partial charge < -0.3 is 10.6 Å². The molecule has 0 bridgehead atoms. The van der Waals surface area contributed by atoms with E-state index in [0.29, 0.717) is 28.9 Å². The zero-order valence-electron chi connectivity index (χ0n) is 14.6. The van der Waals surface area contributed by atoms with Gasteiger partial charge in [-0.1, -0.05) is 6.07 Å². The number of nitrogens with zero attached hydrogens (tertiary/aromatic N) is 2. The lowest BCUT2D eigenvalue weighted by Crippen LogP contribution is -2.27. The van der Waals surface area contributed by atoms with Crippen molar-refractivity contribution in [2.24, 2.45) is 0 Å². The molecule has 0 unspecified atom stereocenters. The van der Waals surface area contributed by atoms with Crippen molar-refractivity contribution < 1.29 is 9.59 Å². The smallest absolute Gasteiger partial charge is 0.261 e. The number of anilines is 1. The van der Waals surface area contributed by atoms with Crippen LogP contribution >= 0.6 is 11.3 Å². The van der Waals surface area contributed by atoms with Crippen molar-refractivity contribution in [3.05, 3.63) is 52.5 Å². The molecule has 0 spiro atoms. The largest absolute Gasteiger partial charge is 0.351 e. The fourth-order valence-corrected chi connectivity index (χ4v) is 3.29. The van der Waals surface area contributed by atoms with E-state index in [2.05, 4.69) is 25.8 Å². The van der Waals surface area contributed by atoms with Gasteiger partial charge in [-0.05, 0) is 48.6 Å². The van der Waals surface area contributed by atoms with Crippen LogP contribution in [0.5, 0.6) is 0 Å². The predicted molar refractivity (Wildman–Crippen MR) is 104 cm³/mol. The van der Waals surface area contributed by atoms with Gasteiger partial charge in [0.2, 0.25) is 5.91 Å². The number of H-pyrrole nitrogens is 1.